The number of rotatable bonds is 2. The molecule has 84 valence electrons. The summed E-state index contributed by atoms with van der Waals surface area (Å²) in [4.78, 5) is 11.3. The van der Waals surface area contributed by atoms with Crippen LogP contribution in [-0.4, -0.2) is 5.78 Å². The van der Waals surface area contributed by atoms with Crippen LogP contribution in [-0.2, 0) is 4.79 Å². The molecule has 0 radical (unpaired) electrons. The topological polar surface area (TPSA) is 17.1 Å². The fourth-order valence-corrected chi connectivity index (χ4v) is 3.98. The number of carbonyl (C=O) groups excluding carboxylic acids is 1. The fourth-order valence-electron chi connectivity index (χ4n) is 3.98. The zero-order chi connectivity index (χ0) is 11.1. The van der Waals surface area contributed by atoms with Crippen molar-refractivity contribution in [2.45, 2.75) is 52.4 Å². The van der Waals surface area contributed by atoms with Gasteiger partial charge in [0, 0.05) is 6.42 Å². The number of fused-ring (bicyclic) bond motifs is 1. The molecule has 0 N–H and O–H groups in total. The van der Waals surface area contributed by atoms with Crippen LogP contribution in [0.2, 0.25) is 0 Å². The van der Waals surface area contributed by atoms with Crippen molar-refractivity contribution in [2.24, 2.45) is 17.3 Å². The summed E-state index contributed by atoms with van der Waals surface area (Å²) in [7, 11) is 0. The minimum Gasteiger partial charge on any atom is -0.300 e. The molecule has 0 aromatic rings. The Balaban J connectivity index is 2.17. The number of hydrogen-bond donors (Lipinski definition) is 0. The van der Waals surface area contributed by atoms with Crippen LogP contribution in [0.3, 0.4) is 0 Å². The summed E-state index contributed by atoms with van der Waals surface area (Å²) in [6, 6.07) is 0. The van der Waals surface area contributed by atoms with E-state index in [9.17, 15) is 4.79 Å². The first-order chi connectivity index (χ1) is 7.03. The highest BCUT2D eigenvalue weighted by Crippen LogP contribution is 2.57. The maximum absolute atomic E-state index is 11.3. The molecule has 3 atom stereocenters. The molecule has 2 rings (SSSR count). The molecule has 1 nitrogen and oxygen atoms in total. The molecule has 0 aromatic heterocycles. The molecular weight excluding hydrogens is 184 g/mol. The maximum atomic E-state index is 11.3. The molecule has 0 aromatic carbocycles. The van der Waals surface area contributed by atoms with E-state index >= 15 is 0 Å². The van der Waals surface area contributed by atoms with Gasteiger partial charge >= 0.3 is 0 Å². The van der Waals surface area contributed by atoms with Crippen LogP contribution in [0.4, 0.5) is 0 Å². The van der Waals surface area contributed by atoms with Gasteiger partial charge in [0.2, 0.25) is 0 Å². The zero-order valence-corrected chi connectivity index (χ0v) is 10.0. The quantitative estimate of drug-likeness (QED) is 0.629. The van der Waals surface area contributed by atoms with E-state index in [1.165, 1.54) is 37.7 Å². The van der Waals surface area contributed by atoms with Crippen LogP contribution in [0.5, 0.6) is 0 Å². The number of hydrogen-bond acceptors (Lipinski definition) is 1. The van der Waals surface area contributed by atoms with Crippen LogP contribution in [0.1, 0.15) is 52.4 Å². The Labute approximate surface area is 92.9 Å². The Morgan fingerprint density at radius 3 is 2.93 bits per heavy atom. The van der Waals surface area contributed by atoms with Gasteiger partial charge in [-0.05, 0) is 56.3 Å². The molecule has 0 spiro atoms. The molecule has 1 heteroatoms. The van der Waals surface area contributed by atoms with E-state index < -0.39 is 0 Å². The van der Waals surface area contributed by atoms with Crippen LogP contribution in [0.15, 0.2) is 12.2 Å². The average molecular weight is 206 g/mol. The second-order valence-corrected chi connectivity index (χ2v) is 5.85. The second-order valence-electron chi connectivity index (χ2n) is 5.85. The summed E-state index contributed by atoms with van der Waals surface area (Å²) >= 11 is 0. The van der Waals surface area contributed by atoms with E-state index in [0.717, 1.165) is 6.42 Å². The van der Waals surface area contributed by atoms with E-state index in [1.54, 1.807) is 6.92 Å². The molecule has 2 aliphatic carbocycles. The van der Waals surface area contributed by atoms with E-state index in [-0.39, 0.29) is 0 Å². The van der Waals surface area contributed by atoms with Crippen molar-refractivity contribution in [3.8, 4) is 0 Å². The smallest absolute Gasteiger partial charge is 0.130 e. The van der Waals surface area contributed by atoms with Gasteiger partial charge in [0.05, 0.1) is 0 Å². The van der Waals surface area contributed by atoms with E-state index in [2.05, 4.69) is 13.5 Å². The first kappa shape index (κ1) is 10.9. The monoisotopic (exact) mass is 206 g/mol. The van der Waals surface area contributed by atoms with Crippen molar-refractivity contribution < 1.29 is 4.79 Å². The molecule has 2 saturated carbocycles. The minimum atomic E-state index is 0.350. The first-order valence-corrected chi connectivity index (χ1v) is 6.20. The molecule has 0 heterocycles. The number of allylic oxidation sites excluding steroid dienone is 1. The third-order valence-corrected chi connectivity index (χ3v) is 4.54. The molecule has 0 amide bonds. The predicted octanol–water partition coefficient (Wildman–Crippen LogP) is 3.74. The molecular formula is C14H22O. The first-order valence-electron chi connectivity index (χ1n) is 6.20. The summed E-state index contributed by atoms with van der Waals surface area (Å²) in [5, 5.41) is 0. The van der Waals surface area contributed by atoms with Gasteiger partial charge < -0.3 is 4.79 Å². The number of ketones is 1. The van der Waals surface area contributed by atoms with Gasteiger partial charge in [-0.3, -0.25) is 0 Å². The standard InChI is InChI=1S/C14H22O/c1-10-5-4-7-14(3)8-6-12(13(10)14)9-11(2)15/h12-13H,1,4-9H2,2-3H3/t12?,13?,14-/m1/s1. The Morgan fingerprint density at radius 2 is 2.27 bits per heavy atom. The summed E-state index contributed by atoms with van der Waals surface area (Å²) in [6.45, 7) is 8.38. The Hall–Kier alpha value is -0.590. The second kappa shape index (κ2) is 3.77. The third kappa shape index (κ3) is 1.89. The summed E-state index contributed by atoms with van der Waals surface area (Å²) in [6.07, 6.45) is 7.14. The molecule has 0 saturated heterocycles. The third-order valence-electron chi connectivity index (χ3n) is 4.54. The summed E-state index contributed by atoms with van der Waals surface area (Å²) in [5.41, 5.74) is 1.89. The van der Waals surface area contributed by atoms with Crippen LogP contribution >= 0.6 is 0 Å². The fraction of sp³-hybridized carbons (Fsp3) is 0.786. The molecule has 0 bridgehead atoms. The number of Topliss-reactive ketones (excluding diaryl/α,β-unsaturated/α-hetero) is 1. The van der Waals surface area contributed by atoms with Crippen molar-refractivity contribution >= 4 is 5.78 Å². The van der Waals surface area contributed by atoms with Gasteiger partial charge in [-0.25, -0.2) is 0 Å². The van der Waals surface area contributed by atoms with E-state index in [4.69, 9.17) is 0 Å². The molecule has 15 heavy (non-hydrogen) atoms. The lowest BCUT2D eigenvalue weighted by Crippen LogP contribution is -2.31. The van der Waals surface area contributed by atoms with Gasteiger partial charge in [0.25, 0.3) is 0 Å². The van der Waals surface area contributed by atoms with Crippen molar-refractivity contribution in [1.29, 1.82) is 0 Å². The summed E-state index contributed by atoms with van der Waals surface area (Å²) in [5.74, 6) is 1.58. The highest BCUT2D eigenvalue weighted by atomic mass is 16.1. The lowest BCUT2D eigenvalue weighted by Gasteiger charge is -2.40. The van der Waals surface area contributed by atoms with Crippen molar-refractivity contribution in [3.05, 3.63) is 12.2 Å². The SMILES string of the molecule is C=C1CCC[C@]2(C)CCC(CC(C)=O)C12. The van der Waals surface area contributed by atoms with Crippen LogP contribution < -0.4 is 0 Å². The summed E-state index contributed by atoms with van der Waals surface area (Å²) < 4.78 is 0. The predicted molar refractivity (Wildman–Crippen MR) is 62.6 cm³/mol. The van der Waals surface area contributed by atoms with Gasteiger partial charge in [-0.15, -0.1) is 0 Å². The Bertz CT molecular complexity index is 292. The number of carbonyl (C=O) groups is 1. The van der Waals surface area contributed by atoms with Crippen LogP contribution in [0.25, 0.3) is 0 Å². The highest BCUT2D eigenvalue weighted by Gasteiger charge is 2.47. The average Bonchev–Trinajstić information content (AvgIpc) is 2.43. The lowest BCUT2D eigenvalue weighted by atomic mass is 9.65. The van der Waals surface area contributed by atoms with Gasteiger partial charge in [-0.1, -0.05) is 19.1 Å². The van der Waals surface area contributed by atoms with Gasteiger partial charge in [-0.2, -0.15) is 0 Å². The van der Waals surface area contributed by atoms with E-state index in [0.29, 0.717) is 23.0 Å². The highest BCUT2D eigenvalue weighted by molar-refractivity contribution is 5.75. The van der Waals surface area contributed by atoms with Crippen LogP contribution in [0, 0.1) is 17.3 Å². The largest absolute Gasteiger partial charge is 0.300 e. The van der Waals surface area contributed by atoms with E-state index in [1.807, 2.05) is 0 Å². The minimum absolute atomic E-state index is 0.350. The van der Waals surface area contributed by atoms with Crippen molar-refractivity contribution in [3.63, 3.8) is 0 Å². The molecule has 2 fully saturated rings. The van der Waals surface area contributed by atoms with Crippen molar-refractivity contribution in [2.75, 3.05) is 0 Å². The van der Waals surface area contributed by atoms with Crippen molar-refractivity contribution in [1.82, 2.24) is 0 Å². The lowest BCUT2D eigenvalue weighted by molar-refractivity contribution is -0.118. The normalized spacial score (nSPS) is 40.3. The van der Waals surface area contributed by atoms with Gasteiger partial charge in [0.1, 0.15) is 5.78 Å². The maximum Gasteiger partial charge on any atom is 0.130 e. The molecule has 2 aliphatic rings. The Morgan fingerprint density at radius 1 is 1.53 bits per heavy atom. The zero-order valence-electron chi connectivity index (χ0n) is 10.0. The van der Waals surface area contributed by atoms with Gasteiger partial charge in [0.15, 0.2) is 0 Å². The molecule has 2 unspecified atom stereocenters. The Kier molecular flexibility index (Phi) is 2.74. The molecule has 0 aliphatic heterocycles.